The fraction of sp³-hybridized carbons (Fsp3) is 0.333. The first-order valence-electron chi connectivity index (χ1n) is 4.61. The van der Waals surface area contributed by atoms with Gasteiger partial charge < -0.3 is 0 Å². The first-order chi connectivity index (χ1) is 7.69. The Bertz CT molecular complexity index is 527. The van der Waals surface area contributed by atoms with Crippen LogP contribution in [0.3, 0.4) is 0 Å². The standard InChI is InChI=1S/C9H6BrCl2F5S/c10-6-1-5(8-4-9(8,11)12)2-7(3-6)18(13,14,15,16)17/h1-3,8H,4H2. The van der Waals surface area contributed by atoms with E-state index in [9.17, 15) is 19.4 Å². The molecule has 9 heteroatoms. The van der Waals surface area contributed by atoms with E-state index in [1.54, 1.807) is 0 Å². The van der Waals surface area contributed by atoms with Gasteiger partial charge in [0.2, 0.25) is 0 Å². The van der Waals surface area contributed by atoms with E-state index >= 15 is 0 Å². The summed E-state index contributed by atoms with van der Waals surface area (Å²) in [6, 6.07) is 2.09. The Hall–Kier alpha value is 0.280. The lowest BCUT2D eigenvalue weighted by molar-refractivity contribution is 0.363. The zero-order valence-corrected chi connectivity index (χ0v) is 12.4. The van der Waals surface area contributed by atoms with Gasteiger partial charge in [0.05, 0.1) is 0 Å². The zero-order valence-electron chi connectivity index (χ0n) is 8.45. The van der Waals surface area contributed by atoms with E-state index in [0.29, 0.717) is 12.1 Å². The quantitative estimate of drug-likeness (QED) is 0.385. The van der Waals surface area contributed by atoms with Gasteiger partial charge in [-0.3, -0.25) is 0 Å². The molecule has 1 saturated carbocycles. The third-order valence-corrected chi connectivity index (χ3v) is 4.99. The van der Waals surface area contributed by atoms with Crippen LogP contribution in [0.5, 0.6) is 0 Å². The Kier molecular flexibility index (Phi) is 2.69. The molecule has 1 atom stereocenters. The normalized spacial score (nSPS) is 26.3. The molecule has 1 unspecified atom stereocenters. The van der Waals surface area contributed by atoms with E-state index in [-0.39, 0.29) is 16.5 Å². The number of halogens is 8. The summed E-state index contributed by atoms with van der Waals surface area (Å²) in [5.41, 5.74) is 0.0534. The zero-order chi connectivity index (χ0) is 14.0. The first kappa shape index (κ1) is 14.7. The molecule has 1 aromatic carbocycles. The summed E-state index contributed by atoms with van der Waals surface area (Å²) in [5.74, 6) is -0.558. The van der Waals surface area contributed by atoms with Crippen LogP contribution >= 0.6 is 49.4 Å². The summed E-state index contributed by atoms with van der Waals surface area (Å²) in [5, 5.41) is 0. The highest BCUT2D eigenvalue weighted by atomic mass is 79.9. The lowest BCUT2D eigenvalue weighted by Crippen LogP contribution is -2.07. The molecule has 0 saturated heterocycles. The molecule has 0 bridgehead atoms. The Labute approximate surface area is 118 Å². The molecule has 0 N–H and O–H groups in total. The number of alkyl halides is 2. The summed E-state index contributed by atoms with van der Waals surface area (Å²) in [4.78, 5) is -1.93. The van der Waals surface area contributed by atoms with Crippen LogP contribution in [0.1, 0.15) is 17.9 Å². The molecule has 18 heavy (non-hydrogen) atoms. The van der Waals surface area contributed by atoms with Crippen molar-refractivity contribution in [1.29, 1.82) is 0 Å². The van der Waals surface area contributed by atoms with Crippen molar-refractivity contribution in [3.8, 4) is 0 Å². The number of hydrogen-bond acceptors (Lipinski definition) is 0. The van der Waals surface area contributed by atoms with Gasteiger partial charge in [-0.05, 0) is 30.2 Å². The van der Waals surface area contributed by atoms with Crippen LogP contribution in [0.15, 0.2) is 27.6 Å². The van der Waals surface area contributed by atoms with Gasteiger partial charge in [-0.2, -0.15) is 0 Å². The van der Waals surface area contributed by atoms with Crippen molar-refractivity contribution >= 4 is 49.4 Å². The van der Waals surface area contributed by atoms with Gasteiger partial charge in [-0.25, -0.2) is 0 Å². The first-order valence-corrected chi connectivity index (χ1v) is 8.11. The fourth-order valence-corrected chi connectivity index (χ4v) is 3.51. The molecule has 0 aliphatic heterocycles. The average Bonchev–Trinajstić information content (AvgIpc) is 2.70. The topological polar surface area (TPSA) is 0 Å². The number of hydrogen-bond donors (Lipinski definition) is 0. The molecule has 0 spiro atoms. The minimum Gasteiger partial charge on any atom is -0.101 e. The molecular formula is C9H6BrCl2F5S. The minimum absolute atomic E-state index is 0.0534. The Morgan fingerprint density at radius 2 is 1.61 bits per heavy atom. The molecule has 0 radical (unpaired) electrons. The lowest BCUT2D eigenvalue weighted by atomic mass is 10.1. The largest absolute Gasteiger partial charge is 0.310 e. The van der Waals surface area contributed by atoms with Crippen LogP contribution in [0.4, 0.5) is 19.4 Å². The van der Waals surface area contributed by atoms with Crippen LogP contribution in [0.2, 0.25) is 0 Å². The van der Waals surface area contributed by atoms with E-state index in [1.807, 2.05) is 0 Å². The van der Waals surface area contributed by atoms with Gasteiger partial charge in [-0.15, -0.1) is 23.2 Å². The van der Waals surface area contributed by atoms with Gasteiger partial charge in [-0.1, -0.05) is 35.4 Å². The molecule has 0 amide bonds. The second kappa shape index (κ2) is 3.30. The molecule has 1 aliphatic rings. The maximum atomic E-state index is 12.7. The van der Waals surface area contributed by atoms with Gasteiger partial charge in [0.15, 0.2) is 0 Å². The fourth-order valence-electron chi connectivity index (χ4n) is 1.58. The van der Waals surface area contributed by atoms with Gasteiger partial charge in [0.1, 0.15) is 9.23 Å². The molecule has 2 rings (SSSR count). The summed E-state index contributed by atoms with van der Waals surface area (Å²) >= 11 is 14.2. The maximum absolute atomic E-state index is 12.7. The molecular weight excluding hydrogens is 386 g/mol. The van der Waals surface area contributed by atoms with E-state index in [1.165, 1.54) is 6.07 Å². The molecule has 1 fully saturated rings. The third-order valence-electron chi connectivity index (χ3n) is 2.57. The van der Waals surface area contributed by atoms with Crippen molar-refractivity contribution in [2.75, 3.05) is 0 Å². The van der Waals surface area contributed by atoms with E-state index in [0.717, 1.165) is 0 Å². The summed E-state index contributed by atoms with van der Waals surface area (Å²) in [6.45, 7) is 0. The number of rotatable bonds is 2. The highest BCUT2D eigenvalue weighted by Crippen LogP contribution is 3.02. The molecule has 104 valence electrons. The predicted molar refractivity (Wildman–Crippen MR) is 67.3 cm³/mol. The van der Waals surface area contributed by atoms with E-state index < -0.39 is 25.4 Å². The van der Waals surface area contributed by atoms with Crippen molar-refractivity contribution in [2.45, 2.75) is 21.6 Å². The number of benzene rings is 1. The third kappa shape index (κ3) is 3.05. The molecule has 1 aromatic rings. The van der Waals surface area contributed by atoms with Crippen LogP contribution < -0.4 is 0 Å². The smallest absolute Gasteiger partial charge is 0.101 e. The van der Waals surface area contributed by atoms with Crippen LogP contribution in [-0.4, -0.2) is 4.33 Å². The van der Waals surface area contributed by atoms with E-state index in [4.69, 9.17) is 23.2 Å². The molecule has 1 aliphatic carbocycles. The Morgan fingerprint density at radius 3 is 2.00 bits per heavy atom. The highest BCUT2D eigenvalue weighted by molar-refractivity contribution is 9.10. The summed E-state index contributed by atoms with van der Waals surface area (Å²) in [6.07, 6.45) is 0.242. The predicted octanol–water partition coefficient (Wildman–Crippen LogP) is 6.77. The van der Waals surface area contributed by atoms with Crippen molar-refractivity contribution < 1.29 is 19.4 Å². The van der Waals surface area contributed by atoms with Crippen LogP contribution in [-0.2, 0) is 0 Å². The monoisotopic (exact) mass is 390 g/mol. The lowest BCUT2D eigenvalue weighted by Gasteiger charge is -2.40. The SMILES string of the molecule is FS(F)(F)(F)(F)c1cc(Br)cc(C2CC2(Cl)Cl)c1. The van der Waals surface area contributed by atoms with Gasteiger partial charge in [0, 0.05) is 10.4 Å². The van der Waals surface area contributed by atoms with Gasteiger partial charge in [0.25, 0.3) is 0 Å². The molecule has 0 nitrogen and oxygen atoms in total. The van der Waals surface area contributed by atoms with Crippen molar-refractivity contribution in [1.82, 2.24) is 0 Å². The minimum atomic E-state index is -9.68. The van der Waals surface area contributed by atoms with Crippen LogP contribution in [0.25, 0.3) is 0 Å². The second-order valence-electron chi connectivity index (χ2n) is 4.21. The summed E-state index contributed by atoms with van der Waals surface area (Å²) in [7, 11) is -9.68. The van der Waals surface area contributed by atoms with Crippen LogP contribution in [0, 0.1) is 0 Å². The van der Waals surface area contributed by atoms with Crippen molar-refractivity contribution in [2.24, 2.45) is 0 Å². The summed E-state index contributed by atoms with van der Waals surface area (Å²) < 4.78 is 62.2. The average molecular weight is 392 g/mol. The maximum Gasteiger partial charge on any atom is 0.310 e. The molecule has 0 aromatic heterocycles. The Morgan fingerprint density at radius 1 is 1.11 bits per heavy atom. The van der Waals surface area contributed by atoms with Crippen molar-refractivity contribution in [3.63, 3.8) is 0 Å². The molecule has 0 heterocycles. The Balaban J connectivity index is 2.54. The highest BCUT2D eigenvalue weighted by Gasteiger charge is 2.66. The van der Waals surface area contributed by atoms with E-state index in [2.05, 4.69) is 15.9 Å². The second-order valence-corrected chi connectivity index (χ2v) is 9.07. The van der Waals surface area contributed by atoms with Gasteiger partial charge >= 0.3 is 10.2 Å². The van der Waals surface area contributed by atoms with Crippen molar-refractivity contribution in [3.05, 3.63) is 28.2 Å².